The maximum absolute atomic E-state index is 14.6. The zero-order valence-electron chi connectivity index (χ0n) is 14.3. The Bertz CT molecular complexity index is 836. The van der Waals surface area contributed by atoms with Crippen molar-refractivity contribution in [3.8, 4) is 0 Å². The van der Waals surface area contributed by atoms with Crippen molar-refractivity contribution in [3.05, 3.63) is 48.1 Å². The van der Waals surface area contributed by atoms with Gasteiger partial charge in [-0.25, -0.2) is 23.2 Å². The fourth-order valence-corrected chi connectivity index (χ4v) is 3.24. The van der Waals surface area contributed by atoms with Crippen LogP contribution in [0.1, 0.15) is 12.0 Å². The van der Waals surface area contributed by atoms with Gasteiger partial charge >= 0.3 is 6.09 Å². The number of hydrogen-bond acceptors (Lipinski definition) is 5. The molecule has 0 radical (unpaired) electrons. The molecule has 3 heterocycles. The van der Waals surface area contributed by atoms with Gasteiger partial charge in [0, 0.05) is 12.1 Å². The average Bonchev–Trinajstić information content (AvgIpc) is 3.25. The van der Waals surface area contributed by atoms with Crippen molar-refractivity contribution < 1.29 is 18.3 Å². The molecule has 2 aliphatic heterocycles. The first-order valence-corrected chi connectivity index (χ1v) is 8.31. The third-order valence-corrected chi connectivity index (χ3v) is 4.45. The summed E-state index contributed by atoms with van der Waals surface area (Å²) in [5, 5.41) is 7.06. The van der Waals surface area contributed by atoms with E-state index in [1.165, 1.54) is 34.4 Å². The molecule has 4 rings (SSSR count). The second-order valence-electron chi connectivity index (χ2n) is 6.20. The van der Waals surface area contributed by atoms with Crippen molar-refractivity contribution in [2.24, 2.45) is 0 Å². The number of nitrogens with one attached hydrogen (secondary N) is 1. The minimum atomic E-state index is -0.680. The number of halogens is 3. The smallest absolute Gasteiger partial charge is 0.414 e. The molecule has 2 aromatic rings. The molecule has 1 amide bonds. The number of rotatable bonds is 4. The van der Waals surface area contributed by atoms with E-state index in [0.29, 0.717) is 31.6 Å². The minimum absolute atomic E-state index is 0. The van der Waals surface area contributed by atoms with E-state index < -0.39 is 23.8 Å². The Hall–Kier alpha value is -2.52. The molecule has 0 spiro atoms. The van der Waals surface area contributed by atoms with Gasteiger partial charge in [-0.2, -0.15) is 5.10 Å². The molecule has 1 fully saturated rings. The highest BCUT2D eigenvalue weighted by Crippen LogP contribution is 2.31. The number of hydrogen-bond donors (Lipinski definition) is 1. The van der Waals surface area contributed by atoms with Crippen molar-refractivity contribution in [1.29, 1.82) is 0 Å². The van der Waals surface area contributed by atoms with Crippen molar-refractivity contribution in [2.45, 2.75) is 19.1 Å². The fourth-order valence-electron chi connectivity index (χ4n) is 3.24. The third kappa shape index (κ3) is 3.93. The summed E-state index contributed by atoms with van der Waals surface area (Å²) >= 11 is 0. The highest BCUT2D eigenvalue weighted by molar-refractivity contribution is 5.90. The molecule has 1 saturated heterocycles. The lowest BCUT2D eigenvalue weighted by Crippen LogP contribution is -2.26. The van der Waals surface area contributed by atoms with Crippen LogP contribution in [0.15, 0.2) is 30.9 Å². The lowest BCUT2D eigenvalue weighted by molar-refractivity contribution is 0.129. The molecule has 27 heavy (non-hydrogen) atoms. The molecule has 1 aromatic heterocycles. The Kier molecular flexibility index (Phi) is 5.71. The van der Waals surface area contributed by atoms with Gasteiger partial charge in [-0.05, 0) is 30.7 Å². The van der Waals surface area contributed by atoms with Crippen molar-refractivity contribution in [3.63, 3.8) is 0 Å². The Morgan fingerprint density at radius 1 is 1.30 bits per heavy atom. The van der Waals surface area contributed by atoms with Crippen molar-refractivity contribution in [2.75, 3.05) is 24.5 Å². The fraction of sp³-hybridized carbons (Fsp3) is 0.353. The van der Waals surface area contributed by atoms with E-state index in [2.05, 4.69) is 15.4 Å². The number of carbonyl (C=O) groups is 1. The normalized spacial score (nSPS) is 19.5. The maximum atomic E-state index is 14.6. The number of nitrogens with zero attached hydrogens (tertiary/aromatic N) is 4. The number of benzene rings is 1. The van der Waals surface area contributed by atoms with Crippen molar-refractivity contribution >= 4 is 29.8 Å². The van der Waals surface area contributed by atoms with E-state index in [9.17, 15) is 13.6 Å². The highest BCUT2D eigenvalue weighted by atomic mass is 35.5. The molecule has 7 nitrogen and oxygen atoms in total. The van der Waals surface area contributed by atoms with Gasteiger partial charge in [-0.3, -0.25) is 4.90 Å². The molecule has 1 aromatic carbocycles. The molecule has 144 valence electrons. The van der Waals surface area contributed by atoms with Crippen LogP contribution in [0.25, 0.3) is 5.57 Å². The monoisotopic (exact) mass is 397 g/mol. The second-order valence-corrected chi connectivity index (χ2v) is 6.20. The van der Waals surface area contributed by atoms with Gasteiger partial charge < -0.3 is 10.1 Å². The standard InChI is InChI=1S/C17H17F2N5O2.ClH/c18-14-5-12(6-15(19)16(14)11-1-3-20-4-2-11)24-8-13(26-17(24)25)7-23-10-21-9-22-23;/h1,5-6,9-10,13,20H,2-4,7-8H2;1H/t13-;/m0./s1. The Labute approximate surface area is 160 Å². The summed E-state index contributed by atoms with van der Waals surface area (Å²) in [6.45, 7) is 1.77. The van der Waals surface area contributed by atoms with E-state index in [1.807, 2.05) is 0 Å². The highest BCUT2D eigenvalue weighted by Gasteiger charge is 2.34. The van der Waals surface area contributed by atoms with Gasteiger partial charge in [-0.15, -0.1) is 12.4 Å². The van der Waals surface area contributed by atoms with Crippen LogP contribution < -0.4 is 10.2 Å². The van der Waals surface area contributed by atoms with Gasteiger partial charge in [0.15, 0.2) is 0 Å². The molecule has 0 aliphatic carbocycles. The summed E-state index contributed by atoms with van der Waals surface area (Å²) in [6.07, 6.45) is 4.12. The molecule has 2 aliphatic rings. The van der Waals surface area contributed by atoms with Crippen LogP contribution in [0, 0.1) is 11.6 Å². The van der Waals surface area contributed by atoms with Gasteiger partial charge in [0.25, 0.3) is 0 Å². The van der Waals surface area contributed by atoms with E-state index in [-0.39, 0.29) is 30.2 Å². The zero-order valence-corrected chi connectivity index (χ0v) is 15.1. The summed E-state index contributed by atoms with van der Waals surface area (Å²) in [7, 11) is 0. The topological polar surface area (TPSA) is 72.3 Å². The van der Waals surface area contributed by atoms with Crippen molar-refractivity contribution in [1.82, 2.24) is 20.1 Å². The summed E-state index contributed by atoms with van der Waals surface area (Å²) in [6, 6.07) is 2.36. The molecule has 1 N–H and O–H groups in total. The number of ether oxygens (including phenoxy) is 1. The van der Waals surface area contributed by atoms with Gasteiger partial charge in [0.05, 0.1) is 18.8 Å². The average molecular weight is 398 g/mol. The summed E-state index contributed by atoms with van der Waals surface area (Å²) < 4.78 is 36.0. The van der Waals surface area contributed by atoms with Crippen LogP contribution in [0.4, 0.5) is 19.3 Å². The van der Waals surface area contributed by atoms with Crippen LogP contribution in [0.5, 0.6) is 0 Å². The summed E-state index contributed by atoms with van der Waals surface area (Å²) in [5.74, 6) is -1.36. The largest absolute Gasteiger partial charge is 0.442 e. The van der Waals surface area contributed by atoms with Gasteiger partial charge in [0.1, 0.15) is 30.4 Å². The second kappa shape index (κ2) is 8.01. The van der Waals surface area contributed by atoms with Crippen LogP contribution in [-0.2, 0) is 11.3 Å². The molecule has 0 saturated carbocycles. The van der Waals surface area contributed by atoms with Crippen LogP contribution >= 0.6 is 12.4 Å². The van der Waals surface area contributed by atoms with E-state index in [0.717, 1.165) is 0 Å². The number of amides is 1. The van der Waals surface area contributed by atoms with Crippen LogP contribution in [0.3, 0.4) is 0 Å². The van der Waals surface area contributed by atoms with Gasteiger partial charge in [-0.1, -0.05) is 6.08 Å². The number of cyclic esters (lactones) is 1. The minimum Gasteiger partial charge on any atom is -0.442 e. The van der Waals surface area contributed by atoms with Gasteiger partial charge in [0.2, 0.25) is 0 Å². The summed E-state index contributed by atoms with van der Waals surface area (Å²) in [5.41, 5.74) is 0.754. The number of anilines is 1. The SMILES string of the molecule is Cl.O=C1O[C@@H](Cn2cncn2)CN1c1cc(F)c(C2=CCNCC2)c(F)c1. The first kappa shape index (κ1) is 19.2. The molecule has 0 unspecified atom stereocenters. The zero-order chi connectivity index (χ0) is 18.1. The predicted molar refractivity (Wildman–Crippen MR) is 96.7 cm³/mol. The maximum Gasteiger partial charge on any atom is 0.414 e. The van der Waals surface area contributed by atoms with Crippen LogP contribution in [0.2, 0.25) is 0 Å². The van der Waals surface area contributed by atoms with E-state index in [1.54, 1.807) is 6.08 Å². The Morgan fingerprint density at radius 2 is 2.07 bits per heavy atom. The molecular formula is C17H18ClF2N5O2. The molecule has 0 bridgehead atoms. The number of aromatic nitrogens is 3. The van der Waals surface area contributed by atoms with Crippen LogP contribution in [-0.4, -0.2) is 46.6 Å². The first-order chi connectivity index (χ1) is 12.6. The Balaban J connectivity index is 0.00000210. The van der Waals surface area contributed by atoms with E-state index >= 15 is 0 Å². The lowest BCUT2D eigenvalue weighted by atomic mass is 9.98. The lowest BCUT2D eigenvalue weighted by Gasteiger charge is -2.18. The third-order valence-electron chi connectivity index (χ3n) is 4.45. The van der Waals surface area contributed by atoms with E-state index in [4.69, 9.17) is 4.74 Å². The molecule has 1 atom stereocenters. The Morgan fingerprint density at radius 3 is 2.70 bits per heavy atom. The summed E-state index contributed by atoms with van der Waals surface area (Å²) in [4.78, 5) is 17.2. The molecule has 10 heteroatoms. The predicted octanol–water partition coefficient (Wildman–Crippen LogP) is 2.38. The number of carbonyl (C=O) groups excluding carboxylic acids is 1. The molecular weight excluding hydrogens is 380 g/mol. The first-order valence-electron chi connectivity index (χ1n) is 8.31. The quantitative estimate of drug-likeness (QED) is 0.857.